The van der Waals surface area contributed by atoms with Crippen LogP contribution in [0.5, 0.6) is 0 Å². The van der Waals surface area contributed by atoms with Gasteiger partial charge in [-0.2, -0.15) is 0 Å². The molecule has 1 heteroatoms. The van der Waals surface area contributed by atoms with Gasteiger partial charge in [-0.15, -0.1) is 0 Å². The molecule has 0 radical (unpaired) electrons. The molecule has 0 aliphatic carbocycles. The highest BCUT2D eigenvalue weighted by atomic mass is 16.5. The molecule has 11 heavy (non-hydrogen) atoms. The van der Waals surface area contributed by atoms with Gasteiger partial charge in [0, 0.05) is 6.42 Å². The van der Waals surface area contributed by atoms with Crippen LogP contribution in [0.4, 0.5) is 0 Å². The van der Waals surface area contributed by atoms with Crippen molar-refractivity contribution in [2.75, 3.05) is 6.61 Å². The zero-order chi connectivity index (χ0) is 8.69. The highest BCUT2D eigenvalue weighted by Gasteiger charge is 1.96. The first-order chi connectivity index (χ1) is 5.16. The van der Waals surface area contributed by atoms with Crippen molar-refractivity contribution in [2.45, 2.75) is 40.0 Å². The van der Waals surface area contributed by atoms with Gasteiger partial charge in [-0.3, -0.25) is 0 Å². The van der Waals surface area contributed by atoms with Crippen LogP contribution in [-0.4, -0.2) is 6.61 Å². The van der Waals surface area contributed by atoms with E-state index in [-0.39, 0.29) is 0 Å². The molecule has 0 aromatic heterocycles. The number of hydrogen-bond acceptors (Lipinski definition) is 1. The summed E-state index contributed by atoms with van der Waals surface area (Å²) in [5, 5.41) is 0. The molecule has 0 aromatic rings. The molecule has 0 bridgehead atoms. The van der Waals surface area contributed by atoms with Crippen LogP contribution in [0.1, 0.15) is 40.0 Å². The lowest BCUT2D eigenvalue weighted by atomic mass is 10.2. The van der Waals surface area contributed by atoms with Crippen LogP contribution < -0.4 is 0 Å². The summed E-state index contributed by atoms with van der Waals surface area (Å²) in [6.45, 7) is 11.1. The number of allylic oxidation sites excluding steroid dienone is 1. The van der Waals surface area contributed by atoms with Crippen LogP contribution in [-0.2, 0) is 4.74 Å². The van der Waals surface area contributed by atoms with Crippen LogP contribution >= 0.6 is 0 Å². The molecule has 0 saturated carbocycles. The summed E-state index contributed by atoms with van der Waals surface area (Å²) < 4.78 is 5.41. The summed E-state index contributed by atoms with van der Waals surface area (Å²) in [7, 11) is 0. The summed E-state index contributed by atoms with van der Waals surface area (Å²) >= 11 is 0. The van der Waals surface area contributed by atoms with Gasteiger partial charge >= 0.3 is 0 Å². The molecule has 0 N–H and O–H groups in total. The molecule has 0 aliphatic rings. The largest absolute Gasteiger partial charge is 0.498 e. The first kappa shape index (κ1) is 10.5. The third-order valence-electron chi connectivity index (χ3n) is 1.43. The molecule has 0 aromatic carbocycles. The highest BCUT2D eigenvalue weighted by molar-refractivity contribution is 4.81. The van der Waals surface area contributed by atoms with E-state index >= 15 is 0 Å². The summed E-state index contributed by atoms with van der Waals surface area (Å²) in [4.78, 5) is 0. The molecule has 66 valence electrons. The molecular weight excluding hydrogens is 136 g/mol. The van der Waals surface area contributed by atoms with Crippen LogP contribution in [0, 0.1) is 5.92 Å². The van der Waals surface area contributed by atoms with Crippen molar-refractivity contribution >= 4 is 0 Å². The maximum Gasteiger partial charge on any atom is 0.0899 e. The molecule has 0 atom stereocenters. The minimum atomic E-state index is 0.605. The second-order valence-corrected chi connectivity index (χ2v) is 3.35. The lowest BCUT2D eigenvalue weighted by molar-refractivity contribution is 0.171. The normalized spacial score (nSPS) is 10.2. The molecule has 0 heterocycles. The van der Waals surface area contributed by atoms with Gasteiger partial charge in [-0.1, -0.05) is 33.8 Å². The molecule has 0 saturated heterocycles. The third kappa shape index (κ3) is 7.44. The molecule has 0 unspecified atom stereocenters. The second-order valence-electron chi connectivity index (χ2n) is 3.35. The molecule has 0 rings (SSSR count). The van der Waals surface area contributed by atoms with Gasteiger partial charge in [-0.05, 0) is 12.3 Å². The summed E-state index contributed by atoms with van der Waals surface area (Å²) in [6.07, 6.45) is 3.42. The fourth-order valence-corrected chi connectivity index (χ4v) is 0.731. The van der Waals surface area contributed by atoms with Gasteiger partial charge in [0.25, 0.3) is 0 Å². The van der Waals surface area contributed by atoms with Gasteiger partial charge in [-0.25, -0.2) is 0 Å². The van der Waals surface area contributed by atoms with E-state index in [9.17, 15) is 0 Å². The lowest BCUT2D eigenvalue weighted by Crippen LogP contribution is -2.00. The van der Waals surface area contributed by atoms with E-state index in [1.54, 1.807) is 0 Å². The summed E-state index contributed by atoms with van der Waals surface area (Å²) in [5.74, 6) is 1.55. The molecule has 1 nitrogen and oxygen atoms in total. The lowest BCUT2D eigenvalue weighted by Gasteiger charge is -2.10. The van der Waals surface area contributed by atoms with Crippen LogP contribution in [0.2, 0.25) is 0 Å². The van der Waals surface area contributed by atoms with E-state index in [1.807, 2.05) is 0 Å². The monoisotopic (exact) mass is 156 g/mol. The molecule has 0 spiro atoms. The Morgan fingerprint density at radius 1 is 1.45 bits per heavy atom. The smallest absolute Gasteiger partial charge is 0.0899 e. The summed E-state index contributed by atoms with van der Waals surface area (Å²) in [5.41, 5.74) is 0. The second kappa shape index (κ2) is 6.26. The maximum absolute atomic E-state index is 5.41. The zero-order valence-electron chi connectivity index (χ0n) is 8.02. The summed E-state index contributed by atoms with van der Waals surface area (Å²) in [6, 6.07) is 0. The van der Waals surface area contributed by atoms with Crippen molar-refractivity contribution in [3.05, 3.63) is 12.3 Å². The standard InChI is InChI=1S/C10H20O/c1-5-6-7-10(4)11-8-9(2)3/h9H,4-8H2,1-3H3. The van der Waals surface area contributed by atoms with E-state index in [1.165, 1.54) is 12.8 Å². The Bertz CT molecular complexity index is 105. The predicted molar refractivity (Wildman–Crippen MR) is 49.5 cm³/mol. The molecule has 0 aliphatic heterocycles. The number of rotatable bonds is 6. The number of ether oxygens (including phenoxy) is 1. The Morgan fingerprint density at radius 2 is 2.09 bits per heavy atom. The van der Waals surface area contributed by atoms with E-state index in [0.717, 1.165) is 18.8 Å². The maximum atomic E-state index is 5.41. The van der Waals surface area contributed by atoms with Crippen LogP contribution in [0.25, 0.3) is 0 Å². The molecular formula is C10H20O. The molecule has 0 fully saturated rings. The first-order valence-electron chi connectivity index (χ1n) is 4.47. The highest BCUT2D eigenvalue weighted by Crippen LogP contribution is 2.07. The Morgan fingerprint density at radius 3 is 2.55 bits per heavy atom. The SMILES string of the molecule is C=C(CCCC)OCC(C)C. The van der Waals surface area contributed by atoms with Crippen molar-refractivity contribution in [2.24, 2.45) is 5.92 Å². The minimum Gasteiger partial charge on any atom is -0.498 e. The fraction of sp³-hybridized carbons (Fsp3) is 0.800. The van der Waals surface area contributed by atoms with Crippen LogP contribution in [0.15, 0.2) is 12.3 Å². The fourth-order valence-electron chi connectivity index (χ4n) is 0.731. The molecule has 0 amide bonds. The van der Waals surface area contributed by atoms with Crippen LogP contribution in [0.3, 0.4) is 0 Å². The Balaban J connectivity index is 3.23. The minimum absolute atomic E-state index is 0.605. The third-order valence-corrected chi connectivity index (χ3v) is 1.43. The van der Waals surface area contributed by atoms with Gasteiger partial charge in [0.15, 0.2) is 0 Å². The van der Waals surface area contributed by atoms with E-state index in [0.29, 0.717) is 5.92 Å². The number of unbranched alkanes of at least 4 members (excludes halogenated alkanes) is 1. The van der Waals surface area contributed by atoms with E-state index < -0.39 is 0 Å². The van der Waals surface area contributed by atoms with Crippen molar-refractivity contribution in [3.63, 3.8) is 0 Å². The van der Waals surface area contributed by atoms with Crippen molar-refractivity contribution in [1.82, 2.24) is 0 Å². The Kier molecular flexibility index (Phi) is 6.00. The van der Waals surface area contributed by atoms with Crippen molar-refractivity contribution < 1.29 is 4.74 Å². The topological polar surface area (TPSA) is 9.23 Å². The first-order valence-corrected chi connectivity index (χ1v) is 4.47. The Labute approximate surface area is 70.4 Å². The average molecular weight is 156 g/mol. The Hall–Kier alpha value is -0.460. The van der Waals surface area contributed by atoms with Crippen molar-refractivity contribution in [1.29, 1.82) is 0 Å². The zero-order valence-corrected chi connectivity index (χ0v) is 8.02. The van der Waals surface area contributed by atoms with Crippen molar-refractivity contribution in [3.8, 4) is 0 Å². The van der Waals surface area contributed by atoms with Gasteiger partial charge < -0.3 is 4.74 Å². The van der Waals surface area contributed by atoms with Gasteiger partial charge in [0.2, 0.25) is 0 Å². The quantitative estimate of drug-likeness (QED) is 0.536. The number of hydrogen-bond donors (Lipinski definition) is 0. The predicted octanol–water partition coefficient (Wildman–Crippen LogP) is 3.36. The van der Waals surface area contributed by atoms with Gasteiger partial charge in [0.1, 0.15) is 0 Å². The van der Waals surface area contributed by atoms with E-state index in [4.69, 9.17) is 4.74 Å². The average Bonchev–Trinajstić information content (AvgIpc) is 1.97. The van der Waals surface area contributed by atoms with E-state index in [2.05, 4.69) is 27.4 Å². The van der Waals surface area contributed by atoms with Gasteiger partial charge in [0.05, 0.1) is 12.4 Å².